The molecular weight excluding hydrogens is 475 g/mol. The summed E-state index contributed by atoms with van der Waals surface area (Å²) < 4.78 is 15.3. The molecule has 0 aromatic heterocycles. The summed E-state index contributed by atoms with van der Waals surface area (Å²) in [4.78, 5) is 15.5. The number of nitrogens with zero attached hydrogens (tertiary/aromatic N) is 1. The molecule has 0 saturated carbocycles. The van der Waals surface area contributed by atoms with Crippen LogP contribution in [0.25, 0.3) is 5.76 Å². The highest BCUT2D eigenvalue weighted by Gasteiger charge is 2.47. The summed E-state index contributed by atoms with van der Waals surface area (Å²) in [6.07, 6.45) is 0.807. The average Bonchev–Trinajstić information content (AvgIpc) is 2.84. The normalized spacial score (nSPS) is 20.9. The Bertz CT molecular complexity index is 1420. The zero-order valence-electron chi connectivity index (χ0n) is 20.1. The number of benzene rings is 3. The summed E-state index contributed by atoms with van der Waals surface area (Å²) in [6, 6.07) is 22.2. The van der Waals surface area contributed by atoms with Crippen molar-refractivity contribution in [2.75, 3.05) is 4.90 Å². The van der Waals surface area contributed by atoms with Crippen LogP contribution >= 0.6 is 11.6 Å². The Morgan fingerprint density at radius 1 is 1.00 bits per heavy atom. The first-order chi connectivity index (χ1) is 17.2. The molecule has 0 amide bonds. The van der Waals surface area contributed by atoms with Crippen molar-refractivity contribution in [2.45, 2.75) is 32.6 Å². The van der Waals surface area contributed by atoms with E-state index in [0.29, 0.717) is 34.0 Å². The van der Waals surface area contributed by atoms with Gasteiger partial charge in [-0.05, 0) is 42.2 Å². The van der Waals surface area contributed by atoms with Crippen molar-refractivity contribution in [1.29, 1.82) is 5.41 Å². The summed E-state index contributed by atoms with van der Waals surface area (Å²) in [5, 5.41) is 21.5. The lowest BCUT2D eigenvalue weighted by atomic mass is 9.67. The number of hydrogen-bond acceptors (Lipinski definition) is 3. The number of hydrogen-bond donors (Lipinski definition) is 2. The molecule has 6 heteroatoms. The van der Waals surface area contributed by atoms with E-state index in [1.54, 1.807) is 71.6 Å². The van der Waals surface area contributed by atoms with Crippen LogP contribution in [0.15, 0.2) is 95.7 Å². The summed E-state index contributed by atoms with van der Waals surface area (Å²) in [5.74, 6) is -1.67. The van der Waals surface area contributed by atoms with E-state index >= 15 is 4.39 Å². The minimum atomic E-state index is -0.916. The highest BCUT2D eigenvalue weighted by molar-refractivity contribution is 6.30. The molecule has 3 aromatic carbocycles. The quantitative estimate of drug-likeness (QED) is 0.362. The Balaban J connectivity index is 1.87. The second kappa shape index (κ2) is 9.07. The monoisotopic (exact) mass is 500 g/mol. The van der Waals surface area contributed by atoms with Crippen molar-refractivity contribution in [3.05, 3.63) is 118 Å². The van der Waals surface area contributed by atoms with Gasteiger partial charge in [-0.3, -0.25) is 15.1 Å². The molecule has 3 aromatic rings. The molecule has 0 bridgehead atoms. The van der Waals surface area contributed by atoms with Gasteiger partial charge < -0.3 is 5.11 Å². The van der Waals surface area contributed by atoms with Crippen molar-refractivity contribution in [1.82, 2.24) is 0 Å². The fraction of sp³-hybridized carbons (Fsp3) is 0.200. The molecule has 0 radical (unpaired) electrons. The number of ketones is 1. The van der Waals surface area contributed by atoms with Crippen LogP contribution in [-0.2, 0) is 4.79 Å². The maximum Gasteiger partial charge on any atom is 0.162 e. The molecule has 1 atom stereocenters. The van der Waals surface area contributed by atoms with Crippen LogP contribution in [0.3, 0.4) is 0 Å². The van der Waals surface area contributed by atoms with E-state index in [2.05, 4.69) is 0 Å². The average molecular weight is 501 g/mol. The molecular formula is C30H26ClFN2O2. The molecule has 1 unspecified atom stereocenters. The predicted octanol–water partition coefficient (Wildman–Crippen LogP) is 7.67. The number of aliphatic hydroxyl groups is 1. The summed E-state index contributed by atoms with van der Waals surface area (Å²) in [6.45, 7) is 4.03. The number of halogens is 2. The van der Waals surface area contributed by atoms with Crippen LogP contribution in [0.4, 0.5) is 10.1 Å². The van der Waals surface area contributed by atoms with Crippen LogP contribution in [0.5, 0.6) is 0 Å². The molecule has 2 N–H and O–H groups in total. The molecule has 4 nitrogen and oxygen atoms in total. The molecule has 36 heavy (non-hydrogen) atoms. The Hall–Kier alpha value is -3.70. The highest BCUT2D eigenvalue weighted by atomic mass is 35.5. The predicted molar refractivity (Wildman–Crippen MR) is 142 cm³/mol. The first-order valence-corrected chi connectivity index (χ1v) is 12.2. The fourth-order valence-electron chi connectivity index (χ4n) is 5.26. The molecule has 182 valence electrons. The second-order valence-electron chi connectivity index (χ2n) is 10.0. The number of carbonyl (C=O) groups is 1. The van der Waals surface area contributed by atoms with Gasteiger partial charge >= 0.3 is 0 Å². The van der Waals surface area contributed by atoms with E-state index in [9.17, 15) is 15.3 Å². The third-order valence-electron chi connectivity index (χ3n) is 6.83. The van der Waals surface area contributed by atoms with Gasteiger partial charge in [-0.15, -0.1) is 0 Å². The summed E-state index contributed by atoms with van der Waals surface area (Å²) in [7, 11) is 0. The van der Waals surface area contributed by atoms with Crippen LogP contribution in [0, 0.1) is 16.6 Å². The third-order valence-corrected chi connectivity index (χ3v) is 7.08. The lowest BCUT2D eigenvalue weighted by molar-refractivity contribution is -0.118. The molecule has 1 heterocycles. The van der Waals surface area contributed by atoms with Gasteiger partial charge in [-0.25, -0.2) is 4.39 Å². The summed E-state index contributed by atoms with van der Waals surface area (Å²) in [5.41, 5.74) is 2.31. The van der Waals surface area contributed by atoms with E-state index in [1.807, 2.05) is 19.9 Å². The van der Waals surface area contributed by atoms with Gasteiger partial charge in [-0.2, -0.15) is 0 Å². The molecule has 0 spiro atoms. The fourth-order valence-corrected chi connectivity index (χ4v) is 5.39. The Morgan fingerprint density at radius 2 is 1.64 bits per heavy atom. The largest absolute Gasteiger partial charge is 0.507 e. The van der Waals surface area contributed by atoms with Crippen LogP contribution in [-0.4, -0.2) is 16.7 Å². The van der Waals surface area contributed by atoms with Gasteiger partial charge in [-0.1, -0.05) is 74.0 Å². The number of anilines is 1. The molecule has 2 aliphatic rings. The zero-order chi connectivity index (χ0) is 25.6. The Kier molecular flexibility index (Phi) is 6.05. The maximum atomic E-state index is 15.3. The van der Waals surface area contributed by atoms with Crippen LogP contribution < -0.4 is 4.90 Å². The van der Waals surface area contributed by atoms with Gasteiger partial charge in [0, 0.05) is 51.0 Å². The standard InChI is InChI=1S/C30H26ClFN2O2/c1-30(2)16-23-26(24(35)17-30)25(21-10-6-7-11-22(21)32)27(28(36)18-8-4-3-5-9-18)29(33)34(23)20-14-12-19(31)13-15-20/h3-15,25,33,36H,16-17H2,1-2H3/b28-27+,33-29?. The van der Waals surface area contributed by atoms with E-state index in [4.69, 9.17) is 11.6 Å². The number of amidine groups is 1. The molecule has 0 fully saturated rings. The molecule has 1 aliphatic heterocycles. The van der Waals surface area contributed by atoms with Gasteiger partial charge in [0.25, 0.3) is 0 Å². The summed E-state index contributed by atoms with van der Waals surface area (Å²) >= 11 is 6.14. The first-order valence-electron chi connectivity index (χ1n) is 11.8. The minimum absolute atomic E-state index is 0.00354. The van der Waals surface area contributed by atoms with Crippen molar-refractivity contribution in [3.8, 4) is 0 Å². The van der Waals surface area contributed by atoms with E-state index in [0.717, 1.165) is 0 Å². The number of rotatable bonds is 3. The van der Waals surface area contributed by atoms with Crippen LogP contribution in [0.1, 0.15) is 43.7 Å². The second-order valence-corrected chi connectivity index (χ2v) is 10.5. The lowest BCUT2D eigenvalue weighted by Gasteiger charge is -2.45. The number of aliphatic hydroxyl groups excluding tert-OH is 1. The minimum Gasteiger partial charge on any atom is -0.507 e. The zero-order valence-corrected chi connectivity index (χ0v) is 20.8. The van der Waals surface area contributed by atoms with Gasteiger partial charge in [0.2, 0.25) is 0 Å². The number of allylic oxidation sites excluding steroid dienone is 2. The smallest absolute Gasteiger partial charge is 0.162 e. The highest BCUT2D eigenvalue weighted by Crippen LogP contribution is 2.51. The van der Waals surface area contributed by atoms with Crippen molar-refractivity contribution in [3.63, 3.8) is 0 Å². The molecule has 1 aliphatic carbocycles. The molecule has 5 rings (SSSR count). The topological polar surface area (TPSA) is 64.4 Å². The van der Waals surface area contributed by atoms with Gasteiger partial charge in [0.1, 0.15) is 17.4 Å². The number of nitrogens with one attached hydrogen (secondary N) is 1. The van der Waals surface area contributed by atoms with Crippen molar-refractivity contribution < 1.29 is 14.3 Å². The molecule has 0 saturated heterocycles. The van der Waals surface area contributed by atoms with E-state index < -0.39 is 11.7 Å². The first kappa shape index (κ1) is 24.0. The number of Topliss-reactive ketones (excluding diaryl/α,β-unsaturated/α-hetero) is 1. The van der Waals surface area contributed by atoms with Crippen molar-refractivity contribution in [2.24, 2.45) is 5.41 Å². The van der Waals surface area contributed by atoms with Crippen LogP contribution in [0.2, 0.25) is 5.02 Å². The third kappa shape index (κ3) is 4.14. The number of carbonyl (C=O) groups excluding carboxylic acids is 1. The van der Waals surface area contributed by atoms with E-state index in [-0.39, 0.29) is 40.4 Å². The van der Waals surface area contributed by atoms with Gasteiger partial charge in [0.15, 0.2) is 5.78 Å². The van der Waals surface area contributed by atoms with Gasteiger partial charge in [0.05, 0.1) is 0 Å². The Morgan fingerprint density at radius 3 is 2.31 bits per heavy atom. The van der Waals surface area contributed by atoms with E-state index in [1.165, 1.54) is 6.07 Å². The SMILES string of the molecule is CC1(C)CC(=O)C2=C(C1)N(c1ccc(Cl)cc1)C(=N)/C(=C(/O)c1ccccc1)C2c1ccccc1F. The lowest BCUT2D eigenvalue weighted by Crippen LogP contribution is -2.45. The maximum absolute atomic E-state index is 15.3. The Labute approximate surface area is 214 Å². The van der Waals surface area contributed by atoms with Crippen molar-refractivity contribution >= 4 is 34.7 Å².